The third-order valence-electron chi connectivity index (χ3n) is 4.08. The molecule has 1 aliphatic rings. The monoisotopic (exact) mass is 340 g/mol. The van der Waals surface area contributed by atoms with Gasteiger partial charge in [-0.3, -0.25) is 15.6 Å². The van der Waals surface area contributed by atoms with Gasteiger partial charge in [0.1, 0.15) is 29.9 Å². The van der Waals surface area contributed by atoms with Crippen molar-refractivity contribution in [3.63, 3.8) is 0 Å². The second kappa shape index (κ2) is 6.27. The van der Waals surface area contributed by atoms with Gasteiger partial charge in [-0.25, -0.2) is 15.0 Å². The van der Waals surface area contributed by atoms with Gasteiger partial charge in [0, 0.05) is 6.07 Å². The van der Waals surface area contributed by atoms with Gasteiger partial charge in [0.25, 0.3) is 0 Å². The standard InChI is InChI=1S/C16H16N6O3/c1-24-11-3-2-9-4-10(6-25-12(9)5-11)16(23)22-21-15-13-14(18-7-17-13)19-8-20-15/h2-3,5,7-8,10H,4,6H2,1H3,(H,22,23)(H2,17,18,19,20,21). The van der Waals surface area contributed by atoms with Crippen LogP contribution in [0.2, 0.25) is 0 Å². The molecular weight excluding hydrogens is 324 g/mol. The smallest absolute Gasteiger partial charge is 0.245 e. The number of carbonyl (C=O) groups excluding carboxylic acids is 1. The Balaban J connectivity index is 1.42. The minimum absolute atomic E-state index is 0.173. The van der Waals surface area contributed by atoms with Crippen molar-refractivity contribution in [2.75, 3.05) is 19.1 Å². The number of benzene rings is 1. The Kier molecular flexibility index (Phi) is 3.81. The number of hydrogen-bond acceptors (Lipinski definition) is 7. The molecule has 25 heavy (non-hydrogen) atoms. The normalized spacial score (nSPS) is 16.0. The van der Waals surface area contributed by atoms with Gasteiger partial charge < -0.3 is 14.5 Å². The largest absolute Gasteiger partial charge is 0.497 e. The lowest BCUT2D eigenvalue weighted by Crippen LogP contribution is -2.40. The molecule has 3 N–H and O–H groups in total. The van der Waals surface area contributed by atoms with Crippen LogP contribution in [-0.2, 0) is 11.2 Å². The van der Waals surface area contributed by atoms with Crippen LogP contribution in [0.15, 0.2) is 30.9 Å². The van der Waals surface area contributed by atoms with E-state index in [1.54, 1.807) is 7.11 Å². The molecule has 0 saturated carbocycles. The van der Waals surface area contributed by atoms with Gasteiger partial charge in [0.05, 0.1) is 19.4 Å². The van der Waals surface area contributed by atoms with E-state index < -0.39 is 0 Å². The lowest BCUT2D eigenvalue weighted by molar-refractivity contribution is -0.125. The zero-order chi connectivity index (χ0) is 17.2. The van der Waals surface area contributed by atoms with Gasteiger partial charge in [-0.2, -0.15) is 0 Å². The summed E-state index contributed by atoms with van der Waals surface area (Å²) in [6, 6.07) is 5.60. The maximum absolute atomic E-state index is 12.4. The number of carbonyl (C=O) groups is 1. The summed E-state index contributed by atoms with van der Waals surface area (Å²) in [6.45, 7) is 0.303. The molecule has 4 rings (SSSR count). The van der Waals surface area contributed by atoms with Crippen molar-refractivity contribution < 1.29 is 14.3 Å². The number of aromatic nitrogens is 4. The molecule has 1 unspecified atom stereocenters. The van der Waals surface area contributed by atoms with Gasteiger partial charge in [-0.05, 0) is 18.1 Å². The van der Waals surface area contributed by atoms with E-state index in [1.165, 1.54) is 12.7 Å². The maximum atomic E-state index is 12.4. The molecule has 0 fully saturated rings. The average Bonchev–Trinajstić information content (AvgIpc) is 3.14. The Labute approximate surface area is 142 Å². The lowest BCUT2D eigenvalue weighted by Gasteiger charge is -2.25. The highest BCUT2D eigenvalue weighted by atomic mass is 16.5. The van der Waals surface area contributed by atoms with Crippen LogP contribution in [0.1, 0.15) is 5.56 Å². The van der Waals surface area contributed by atoms with Gasteiger partial charge in [0.2, 0.25) is 5.91 Å². The first-order valence-corrected chi connectivity index (χ1v) is 7.74. The van der Waals surface area contributed by atoms with E-state index in [9.17, 15) is 4.79 Å². The second-order valence-corrected chi connectivity index (χ2v) is 5.62. The van der Waals surface area contributed by atoms with Crippen LogP contribution in [0.25, 0.3) is 11.2 Å². The highest BCUT2D eigenvalue weighted by Gasteiger charge is 2.26. The molecule has 9 heteroatoms. The summed E-state index contributed by atoms with van der Waals surface area (Å²) < 4.78 is 10.9. The Hall–Kier alpha value is -3.36. The predicted molar refractivity (Wildman–Crippen MR) is 89.1 cm³/mol. The molecule has 3 heterocycles. The molecule has 3 aromatic rings. The third-order valence-corrected chi connectivity index (χ3v) is 4.08. The van der Waals surface area contributed by atoms with Crippen molar-refractivity contribution in [3.05, 3.63) is 36.4 Å². The molecule has 0 aliphatic carbocycles. The molecule has 1 aromatic carbocycles. The van der Waals surface area contributed by atoms with E-state index >= 15 is 0 Å². The highest BCUT2D eigenvalue weighted by Crippen LogP contribution is 2.31. The number of hydrazine groups is 1. The first-order valence-electron chi connectivity index (χ1n) is 7.74. The summed E-state index contributed by atoms with van der Waals surface area (Å²) in [6.07, 6.45) is 3.49. The third kappa shape index (κ3) is 2.91. The minimum atomic E-state index is -0.299. The number of H-pyrrole nitrogens is 1. The van der Waals surface area contributed by atoms with Crippen molar-refractivity contribution in [2.24, 2.45) is 5.92 Å². The van der Waals surface area contributed by atoms with Crippen LogP contribution >= 0.6 is 0 Å². The van der Waals surface area contributed by atoms with Gasteiger partial charge in [0.15, 0.2) is 11.5 Å². The van der Waals surface area contributed by atoms with E-state index in [0.29, 0.717) is 30.0 Å². The summed E-state index contributed by atoms with van der Waals surface area (Å²) in [5.41, 5.74) is 7.61. The number of methoxy groups -OCH3 is 1. The van der Waals surface area contributed by atoms with E-state index in [0.717, 1.165) is 17.1 Å². The first kappa shape index (κ1) is 15.2. The Bertz CT molecular complexity index is 925. The Morgan fingerprint density at radius 1 is 1.36 bits per heavy atom. The van der Waals surface area contributed by atoms with Crippen molar-refractivity contribution in [1.29, 1.82) is 0 Å². The highest BCUT2D eigenvalue weighted by molar-refractivity contribution is 5.85. The minimum Gasteiger partial charge on any atom is -0.497 e. The number of ether oxygens (including phenoxy) is 2. The number of rotatable bonds is 4. The topological polar surface area (TPSA) is 114 Å². The zero-order valence-electron chi connectivity index (χ0n) is 13.4. The van der Waals surface area contributed by atoms with Crippen LogP contribution in [0, 0.1) is 5.92 Å². The van der Waals surface area contributed by atoms with E-state index in [2.05, 4.69) is 30.8 Å². The summed E-state index contributed by atoms with van der Waals surface area (Å²) in [5.74, 6) is 1.47. The number of nitrogens with zero attached hydrogens (tertiary/aromatic N) is 3. The molecule has 0 saturated heterocycles. The number of imidazole rings is 1. The molecule has 9 nitrogen and oxygen atoms in total. The fourth-order valence-electron chi connectivity index (χ4n) is 2.73. The molecule has 0 radical (unpaired) electrons. The summed E-state index contributed by atoms with van der Waals surface area (Å²) in [4.78, 5) is 27.5. The van der Waals surface area contributed by atoms with E-state index in [1.807, 2.05) is 18.2 Å². The van der Waals surface area contributed by atoms with E-state index in [-0.39, 0.29) is 11.8 Å². The molecular formula is C16H16N6O3. The second-order valence-electron chi connectivity index (χ2n) is 5.62. The molecule has 0 spiro atoms. The number of anilines is 1. The molecule has 1 atom stereocenters. The van der Waals surface area contributed by atoms with Crippen molar-refractivity contribution in [3.8, 4) is 11.5 Å². The number of nitrogens with one attached hydrogen (secondary N) is 3. The first-order chi connectivity index (χ1) is 12.2. The van der Waals surface area contributed by atoms with Gasteiger partial charge in [-0.1, -0.05) is 6.07 Å². The number of hydrogen-bond donors (Lipinski definition) is 3. The fourth-order valence-corrected chi connectivity index (χ4v) is 2.73. The van der Waals surface area contributed by atoms with Crippen LogP contribution in [0.4, 0.5) is 5.82 Å². The molecule has 1 amide bonds. The molecule has 128 valence electrons. The Morgan fingerprint density at radius 2 is 2.28 bits per heavy atom. The summed E-state index contributed by atoms with van der Waals surface area (Å²) in [5, 5.41) is 0. The number of amides is 1. The maximum Gasteiger partial charge on any atom is 0.245 e. The average molecular weight is 340 g/mol. The SMILES string of the molecule is COc1ccc2c(c1)OCC(C(=O)NNc1ncnc3nc[nH]c13)C2. The lowest BCUT2D eigenvalue weighted by atomic mass is 9.96. The van der Waals surface area contributed by atoms with Crippen LogP contribution in [-0.4, -0.2) is 39.6 Å². The van der Waals surface area contributed by atoms with Crippen molar-refractivity contribution in [1.82, 2.24) is 25.4 Å². The Morgan fingerprint density at radius 3 is 3.16 bits per heavy atom. The number of fused-ring (bicyclic) bond motifs is 2. The van der Waals surface area contributed by atoms with E-state index in [4.69, 9.17) is 9.47 Å². The van der Waals surface area contributed by atoms with Crippen LogP contribution < -0.4 is 20.3 Å². The quantitative estimate of drug-likeness (QED) is 0.608. The van der Waals surface area contributed by atoms with Crippen molar-refractivity contribution in [2.45, 2.75) is 6.42 Å². The van der Waals surface area contributed by atoms with Crippen LogP contribution in [0.3, 0.4) is 0 Å². The zero-order valence-corrected chi connectivity index (χ0v) is 13.4. The molecule has 1 aliphatic heterocycles. The summed E-state index contributed by atoms with van der Waals surface area (Å²) >= 11 is 0. The number of aromatic amines is 1. The van der Waals surface area contributed by atoms with Gasteiger partial charge in [-0.15, -0.1) is 0 Å². The molecule has 2 aromatic heterocycles. The predicted octanol–water partition coefficient (Wildman–Crippen LogP) is 1.06. The van der Waals surface area contributed by atoms with Crippen molar-refractivity contribution >= 4 is 22.9 Å². The van der Waals surface area contributed by atoms with Crippen LogP contribution in [0.5, 0.6) is 11.5 Å². The summed E-state index contributed by atoms with van der Waals surface area (Å²) in [7, 11) is 1.61. The molecule has 0 bridgehead atoms. The fraction of sp³-hybridized carbons (Fsp3) is 0.250. The van der Waals surface area contributed by atoms with Gasteiger partial charge >= 0.3 is 0 Å².